The first-order chi connectivity index (χ1) is 10.5. The first-order valence-electron chi connectivity index (χ1n) is 6.88. The van der Waals surface area contributed by atoms with Crippen molar-refractivity contribution in [2.24, 2.45) is 5.10 Å². The van der Waals surface area contributed by atoms with Crippen LogP contribution in [-0.4, -0.2) is 26.7 Å². The fourth-order valence-electron chi connectivity index (χ4n) is 2.52. The van der Waals surface area contributed by atoms with Gasteiger partial charge in [-0.3, -0.25) is 9.78 Å². The lowest BCUT2D eigenvalue weighted by Crippen LogP contribution is -2.43. The van der Waals surface area contributed by atoms with Crippen LogP contribution in [0, 0.1) is 0 Å². The molecule has 0 saturated heterocycles. The molecule has 112 valence electrons. The maximum atomic E-state index is 12.7. The lowest BCUT2D eigenvalue weighted by Gasteiger charge is -2.31. The second kappa shape index (κ2) is 5.23. The normalized spacial score (nSPS) is 20.8. The second-order valence-corrected chi connectivity index (χ2v) is 5.30. The van der Waals surface area contributed by atoms with Gasteiger partial charge in [-0.2, -0.15) is 10.1 Å². The van der Waals surface area contributed by atoms with Gasteiger partial charge >= 0.3 is 0 Å². The minimum Gasteiger partial charge on any atom is -0.399 e. The molecule has 6 heteroatoms. The van der Waals surface area contributed by atoms with Crippen LogP contribution in [0.4, 0.5) is 5.69 Å². The summed E-state index contributed by atoms with van der Waals surface area (Å²) in [5, 5.41) is 16.4. The smallest absolute Gasteiger partial charge is 0.276 e. The highest BCUT2D eigenvalue weighted by Crippen LogP contribution is 2.36. The predicted molar refractivity (Wildman–Crippen MR) is 82.9 cm³/mol. The number of aromatic nitrogens is 1. The number of pyridine rings is 1. The van der Waals surface area contributed by atoms with Crippen molar-refractivity contribution in [1.82, 2.24) is 9.99 Å². The van der Waals surface area contributed by atoms with Crippen LogP contribution in [0.25, 0.3) is 0 Å². The van der Waals surface area contributed by atoms with Crippen LogP contribution >= 0.6 is 0 Å². The van der Waals surface area contributed by atoms with E-state index in [-0.39, 0.29) is 12.3 Å². The SMILES string of the molecule is CC1=NN(C(=O)c2ccc(N)cc2)[C@@](O)(c2ccncc2)C1. The van der Waals surface area contributed by atoms with Crippen molar-refractivity contribution in [2.75, 3.05) is 5.73 Å². The summed E-state index contributed by atoms with van der Waals surface area (Å²) in [7, 11) is 0. The summed E-state index contributed by atoms with van der Waals surface area (Å²) in [6, 6.07) is 9.88. The van der Waals surface area contributed by atoms with Gasteiger partial charge < -0.3 is 10.8 Å². The van der Waals surface area contributed by atoms with Crippen LogP contribution in [0.5, 0.6) is 0 Å². The van der Waals surface area contributed by atoms with E-state index < -0.39 is 5.72 Å². The summed E-state index contributed by atoms with van der Waals surface area (Å²) in [6.07, 6.45) is 3.41. The Morgan fingerprint density at radius 3 is 2.50 bits per heavy atom. The minimum atomic E-state index is -1.49. The van der Waals surface area contributed by atoms with Gasteiger partial charge in [-0.05, 0) is 43.3 Å². The Hall–Kier alpha value is -2.73. The molecule has 0 fully saturated rings. The molecule has 0 unspecified atom stereocenters. The van der Waals surface area contributed by atoms with Crippen LogP contribution < -0.4 is 5.73 Å². The fourth-order valence-corrected chi connectivity index (χ4v) is 2.52. The van der Waals surface area contributed by atoms with Crippen LogP contribution in [-0.2, 0) is 5.72 Å². The molecule has 2 heterocycles. The molecule has 1 atom stereocenters. The summed E-state index contributed by atoms with van der Waals surface area (Å²) < 4.78 is 0. The van der Waals surface area contributed by atoms with Gasteiger partial charge in [-0.25, -0.2) is 0 Å². The highest BCUT2D eigenvalue weighted by Gasteiger charge is 2.45. The van der Waals surface area contributed by atoms with E-state index in [4.69, 9.17) is 5.73 Å². The molecule has 1 aliphatic heterocycles. The third kappa shape index (κ3) is 2.33. The van der Waals surface area contributed by atoms with Crippen molar-refractivity contribution < 1.29 is 9.90 Å². The van der Waals surface area contributed by atoms with Crippen molar-refractivity contribution >= 4 is 17.3 Å². The summed E-state index contributed by atoms with van der Waals surface area (Å²) in [5.74, 6) is -0.379. The Labute approximate surface area is 127 Å². The molecule has 1 aliphatic rings. The molecule has 1 aromatic heterocycles. The van der Waals surface area contributed by atoms with Crippen LogP contribution in [0.1, 0.15) is 29.3 Å². The van der Waals surface area contributed by atoms with Crippen molar-refractivity contribution in [2.45, 2.75) is 19.1 Å². The van der Waals surface area contributed by atoms with Gasteiger partial charge in [0.25, 0.3) is 5.91 Å². The van der Waals surface area contributed by atoms with Gasteiger partial charge in [-0.15, -0.1) is 0 Å². The number of carbonyl (C=O) groups is 1. The van der Waals surface area contributed by atoms with Crippen molar-refractivity contribution in [3.05, 3.63) is 59.9 Å². The van der Waals surface area contributed by atoms with Gasteiger partial charge in [0.05, 0.1) is 0 Å². The Morgan fingerprint density at radius 1 is 1.23 bits per heavy atom. The summed E-state index contributed by atoms with van der Waals surface area (Å²) in [5.41, 5.74) is 6.39. The Kier molecular flexibility index (Phi) is 3.38. The number of benzene rings is 1. The lowest BCUT2D eigenvalue weighted by molar-refractivity contribution is -0.0765. The van der Waals surface area contributed by atoms with Crippen LogP contribution in [0.3, 0.4) is 0 Å². The van der Waals surface area contributed by atoms with E-state index in [2.05, 4.69) is 10.1 Å². The van der Waals surface area contributed by atoms with E-state index in [1.165, 1.54) is 0 Å². The topological polar surface area (TPSA) is 91.8 Å². The Bertz CT molecular complexity index is 728. The number of carbonyl (C=O) groups excluding carboxylic acids is 1. The molecule has 0 spiro atoms. The molecule has 0 aliphatic carbocycles. The first-order valence-corrected chi connectivity index (χ1v) is 6.88. The maximum Gasteiger partial charge on any atom is 0.276 e. The molecule has 1 amide bonds. The minimum absolute atomic E-state index is 0.262. The van der Waals surface area contributed by atoms with Gasteiger partial charge in [-0.1, -0.05) is 0 Å². The quantitative estimate of drug-likeness (QED) is 0.826. The zero-order valence-corrected chi connectivity index (χ0v) is 12.1. The number of nitrogens with two attached hydrogens (primary N) is 1. The number of hydrogen-bond acceptors (Lipinski definition) is 5. The molecule has 6 nitrogen and oxygen atoms in total. The number of nitrogens with zero attached hydrogens (tertiary/aromatic N) is 3. The molecule has 2 aromatic rings. The Morgan fingerprint density at radius 2 is 1.86 bits per heavy atom. The Balaban J connectivity index is 2.00. The largest absolute Gasteiger partial charge is 0.399 e. The van der Waals surface area contributed by atoms with Crippen LogP contribution in [0.15, 0.2) is 53.9 Å². The standard InChI is InChI=1S/C16H16N4O2/c1-11-10-16(22,13-6-8-18-9-7-13)20(19-11)15(21)12-2-4-14(17)5-3-12/h2-9,22H,10,17H2,1H3/t16-/m0/s1. The number of hydrazone groups is 1. The molecule has 3 rings (SSSR count). The average molecular weight is 296 g/mol. The molecule has 0 radical (unpaired) electrons. The first kappa shape index (κ1) is 14.2. The summed E-state index contributed by atoms with van der Waals surface area (Å²) in [6.45, 7) is 1.78. The summed E-state index contributed by atoms with van der Waals surface area (Å²) in [4.78, 5) is 16.6. The molecular weight excluding hydrogens is 280 g/mol. The van der Waals surface area contributed by atoms with E-state index in [0.29, 0.717) is 22.5 Å². The molecule has 3 N–H and O–H groups in total. The molecule has 1 aromatic carbocycles. The van der Waals surface area contributed by atoms with Crippen molar-refractivity contribution in [3.8, 4) is 0 Å². The van der Waals surface area contributed by atoms with Gasteiger partial charge in [0.15, 0.2) is 5.72 Å². The number of aliphatic hydroxyl groups is 1. The fraction of sp³-hybridized carbons (Fsp3) is 0.188. The monoisotopic (exact) mass is 296 g/mol. The van der Waals surface area contributed by atoms with E-state index in [0.717, 1.165) is 5.01 Å². The zero-order valence-electron chi connectivity index (χ0n) is 12.1. The van der Waals surface area contributed by atoms with Gasteiger partial charge in [0.2, 0.25) is 0 Å². The average Bonchev–Trinajstić information content (AvgIpc) is 2.84. The number of hydrogen-bond donors (Lipinski definition) is 2. The van der Waals surface area contributed by atoms with Crippen LogP contribution in [0.2, 0.25) is 0 Å². The van der Waals surface area contributed by atoms with Crippen molar-refractivity contribution in [3.63, 3.8) is 0 Å². The molecule has 0 saturated carbocycles. The lowest BCUT2D eigenvalue weighted by atomic mass is 9.98. The van der Waals surface area contributed by atoms with E-state index in [1.54, 1.807) is 55.7 Å². The highest BCUT2D eigenvalue weighted by atomic mass is 16.3. The third-order valence-electron chi connectivity index (χ3n) is 3.62. The van der Waals surface area contributed by atoms with E-state index in [9.17, 15) is 9.90 Å². The molecular formula is C16H16N4O2. The number of anilines is 1. The molecule has 22 heavy (non-hydrogen) atoms. The predicted octanol–water partition coefficient (Wildman–Crippen LogP) is 1.73. The number of rotatable bonds is 2. The van der Waals surface area contributed by atoms with Gasteiger partial charge in [0, 0.05) is 41.3 Å². The maximum absolute atomic E-state index is 12.7. The number of amides is 1. The second-order valence-electron chi connectivity index (χ2n) is 5.30. The highest BCUT2D eigenvalue weighted by molar-refractivity contribution is 5.98. The summed E-state index contributed by atoms with van der Waals surface area (Å²) >= 11 is 0. The molecule has 0 bridgehead atoms. The van der Waals surface area contributed by atoms with Crippen molar-refractivity contribution in [1.29, 1.82) is 0 Å². The van der Waals surface area contributed by atoms with E-state index in [1.807, 2.05) is 0 Å². The zero-order chi connectivity index (χ0) is 15.7. The van der Waals surface area contributed by atoms with E-state index >= 15 is 0 Å². The van der Waals surface area contributed by atoms with Gasteiger partial charge in [0.1, 0.15) is 0 Å². The number of nitrogen functional groups attached to an aromatic ring is 1. The third-order valence-corrected chi connectivity index (χ3v) is 3.62.